The van der Waals surface area contributed by atoms with Crippen LogP contribution in [0.1, 0.15) is 25.6 Å². The summed E-state index contributed by atoms with van der Waals surface area (Å²) in [6.45, 7) is 7.18. The summed E-state index contributed by atoms with van der Waals surface area (Å²) in [5, 5.41) is 12.6. The molecule has 0 fully saturated rings. The Kier molecular flexibility index (Phi) is 5.34. The third-order valence-electron chi connectivity index (χ3n) is 5.02. The summed E-state index contributed by atoms with van der Waals surface area (Å²) < 4.78 is 1.30. The van der Waals surface area contributed by atoms with E-state index in [1.165, 1.54) is 22.2 Å². The van der Waals surface area contributed by atoms with Gasteiger partial charge in [-0.1, -0.05) is 44.2 Å². The molecule has 0 radical (unpaired) electrons. The van der Waals surface area contributed by atoms with Crippen LogP contribution in [0.15, 0.2) is 41.5 Å². The Labute approximate surface area is 167 Å². The summed E-state index contributed by atoms with van der Waals surface area (Å²) in [6, 6.07) is 11.8. The SMILES string of the molecule is Cc1sc2ncn(CC(=O)NC(C)(C#N)C(C)C)c(=O)c2c1-c1ccccc1. The molecule has 2 aromatic heterocycles. The van der Waals surface area contributed by atoms with Gasteiger partial charge in [-0.15, -0.1) is 11.3 Å². The third kappa shape index (κ3) is 3.56. The smallest absolute Gasteiger partial charge is 0.263 e. The van der Waals surface area contributed by atoms with Crippen LogP contribution in [0.25, 0.3) is 21.3 Å². The van der Waals surface area contributed by atoms with E-state index >= 15 is 0 Å². The number of hydrogen-bond acceptors (Lipinski definition) is 5. The van der Waals surface area contributed by atoms with Crippen molar-refractivity contribution in [1.29, 1.82) is 5.26 Å². The van der Waals surface area contributed by atoms with Crippen LogP contribution < -0.4 is 10.9 Å². The Hall–Kier alpha value is -2.98. The van der Waals surface area contributed by atoms with E-state index < -0.39 is 11.4 Å². The van der Waals surface area contributed by atoms with E-state index in [0.29, 0.717) is 10.2 Å². The Bertz CT molecular complexity index is 1120. The predicted octanol–water partition coefficient (Wildman–Crippen LogP) is 3.49. The molecule has 1 N–H and O–H groups in total. The highest BCUT2D eigenvalue weighted by Crippen LogP contribution is 2.35. The van der Waals surface area contributed by atoms with Crippen LogP contribution in [0.4, 0.5) is 0 Å². The second-order valence-corrected chi connectivity index (χ2v) is 8.48. The molecule has 7 heteroatoms. The fourth-order valence-corrected chi connectivity index (χ4v) is 3.99. The molecule has 28 heavy (non-hydrogen) atoms. The van der Waals surface area contributed by atoms with Crippen LogP contribution in [0.3, 0.4) is 0 Å². The van der Waals surface area contributed by atoms with Gasteiger partial charge in [-0.2, -0.15) is 5.26 Å². The molecule has 2 heterocycles. The molecule has 0 saturated carbocycles. The fraction of sp³-hybridized carbons (Fsp3) is 0.333. The van der Waals surface area contributed by atoms with Crippen molar-refractivity contribution >= 4 is 27.5 Å². The highest BCUT2D eigenvalue weighted by molar-refractivity contribution is 7.19. The Morgan fingerprint density at radius 3 is 2.64 bits per heavy atom. The van der Waals surface area contributed by atoms with E-state index in [2.05, 4.69) is 16.4 Å². The first-order valence-electron chi connectivity index (χ1n) is 9.03. The number of carbonyl (C=O) groups excluding carboxylic acids is 1. The Balaban J connectivity index is 2.01. The molecule has 1 amide bonds. The zero-order chi connectivity index (χ0) is 20.5. The highest BCUT2D eigenvalue weighted by Gasteiger charge is 2.30. The first kappa shape index (κ1) is 19.8. The summed E-state index contributed by atoms with van der Waals surface area (Å²) in [4.78, 5) is 31.7. The summed E-state index contributed by atoms with van der Waals surface area (Å²) in [7, 11) is 0. The number of nitriles is 1. The van der Waals surface area contributed by atoms with Crippen molar-refractivity contribution in [3.8, 4) is 17.2 Å². The molecule has 1 unspecified atom stereocenters. The lowest BCUT2D eigenvalue weighted by molar-refractivity contribution is -0.123. The van der Waals surface area contributed by atoms with Gasteiger partial charge in [0, 0.05) is 10.4 Å². The zero-order valence-corrected chi connectivity index (χ0v) is 17.1. The number of carbonyl (C=O) groups is 1. The summed E-state index contributed by atoms with van der Waals surface area (Å²) in [5.41, 5.74) is 0.555. The van der Waals surface area contributed by atoms with Crippen LogP contribution in [-0.4, -0.2) is 21.0 Å². The van der Waals surface area contributed by atoms with Gasteiger partial charge in [0.05, 0.1) is 17.8 Å². The van der Waals surface area contributed by atoms with E-state index in [4.69, 9.17) is 0 Å². The van der Waals surface area contributed by atoms with Crippen LogP contribution >= 0.6 is 11.3 Å². The lowest BCUT2D eigenvalue weighted by Crippen LogP contribution is -2.50. The van der Waals surface area contributed by atoms with E-state index in [1.807, 2.05) is 51.1 Å². The van der Waals surface area contributed by atoms with E-state index in [1.54, 1.807) is 6.92 Å². The highest BCUT2D eigenvalue weighted by atomic mass is 32.1. The van der Waals surface area contributed by atoms with E-state index in [9.17, 15) is 14.9 Å². The monoisotopic (exact) mass is 394 g/mol. The second-order valence-electron chi connectivity index (χ2n) is 7.27. The van der Waals surface area contributed by atoms with E-state index in [-0.39, 0.29) is 18.0 Å². The number of nitrogens with one attached hydrogen (secondary N) is 1. The molecule has 0 aliphatic heterocycles. The number of thiophene rings is 1. The molecule has 3 aromatic rings. The van der Waals surface area contributed by atoms with Crippen molar-refractivity contribution in [3.63, 3.8) is 0 Å². The number of aromatic nitrogens is 2. The maximum absolute atomic E-state index is 13.1. The molecule has 1 atom stereocenters. The summed E-state index contributed by atoms with van der Waals surface area (Å²) >= 11 is 1.46. The average Bonchev–Trinajstić information content (AvgIpc) is 3.01. The van der Waals surface area contributed by atoms with Crippen molar-refractivity contribution in [3.05, 3.63) is 51.9 Å². The predicted molar refractivity (Wildman–Crippen MR) is 111 cm³/mol. The maximum Gasteiger partial charge on any atom is 0.263 e. The normalized spacial score (nSPS) is 13.3. The molecule has 0 aliphatic carbocycles. The zero-order valence-electron chi connectivity index (χ0n) is 16.3. The Morgan fingerprint density at radius 1 is 1.36 bits per heavy atom. The molecular weight excluding hydrogens is 372 g/mol. The van der Waals surface area contributed by atoms with Gasteiger partial charge in [-0.05, 0) is 25.3 Å². The molecule has 1 aromatic carbocycles. The average molecular weight is 395 g/mol. The minimum Gasteiger partial charge on any atom is -0.336 e. The van der Waals surface area contributed by atoms with Crippen molar-refractivity contribution in [2.24, 2.45) is 5.92 Å². The summed E-state index contributed by atoms with van der Waals surface area (Å²) in [6.07, 6.45) is 1.40. The molecule has 0 saturated heterocycles. The minimum absolute atomic E-state index is 0.0667. The van der Waals surface area contributed by atoms with Gasteiger partial charge in [0.1, 0.15) is 16.9 Å². The van der Waals surface area contributed by atoms with Gasteiger partial charge >= 0.3 is 0 Å². The molecular formula is C21H22N4O2S. The molecule has 3 rings (SSSR count). The van der Waals surface area contributed by atoms with Crippen molar-refractivity contribution < 1.29 is 4.79 Å². The first-order chi connectivity index (χ1) is 13.3. The third-order valence-corrected chi connectivity index (χ3v) is 6.03. The topological polar surface area (TPSA) is 87.8 Å². The van der Waals surface area contributed by atoms with Gasteiger partial charge in [0.2, 0.25) is 5.91 Å². The van der Waals surface area contributed by atoms with Gasteiger partial charge in [0.15, 0.2) is 0 Å². The number of aryl methyl sites for hydroxylation is 1. The van der Waals surface area contributed by atoms with Crippen LogP contribution in [0.5, 0.6) is 0 Å². The van der Waals surface area contributed by atoms with Gasteiger partial charge < -0.3 is 5.32 Å². The molecule has 144 valence electrons. The summed E-state index contributed by atoms with van der Waals surface area (Å²) in [5.74, 6) is -0.461. The number of amides is 1. The molecule has 6 nitrogen and oxygen atoms in total. The Morgan fingerprint density at radius 2 is 2.04 bits per heavy atom. The molecule has 0 spiro atoms. The van der Waals surface area contributed by atoms with Crippen LogP contribution in [0, 0.1) is 24.2 Å². The van der Waals surface area contributed by atoms with Crippen LogP contribution in [0.2, 0.25) is 0 Å². The fourth-order valence-electron chi connectivity index (χ4n) is 2.99. The lowest BCUT2D eigenvalue weighted by atomic mass is 9.90. The largest absolute Gasteiger partial charge is 0.336 e. The quantitative estimate of drug-likeness (QED) is 0.717. The first-order valence-corrected chi connectivity index (χ1v) is 9.84. The van der Waals surface area contributed by atoms with Crippen molar-refractivity contribution in [2.75, 3.05) is 0 Å². The van der Waals surface area contributed by atoms with Gasteiger partial charge in [-0.3, -0.25) is 14.2 Å². The number of benzene rings is 1. The molecule has 0 aliphatic rings. The number of nitrogens with zero attached hydrogens (tertiary/aromatic N) is 3. The van der Waals surface area contributed by atoms with E-state index in [0.717, 1.165) is 16.0 Å². The van der Waals surface area contributed by atoms with Crippen LogP contribution in [-0.2, 0) is 11.3 Å². The standard InChI is InChI=1S/C21H22N4O2S/c1-13(2)21(4,11-22)24-16(26)10-25-12-23-19-18(20(25)27)17(14(3)28-19)15-8-6-5-7-9-15/h5-9,12-13H,10H2,1-4H3,(H,24,26). The minimum atomic E-state index is -0.994. The number of hydrogen-bond donors (Lipinski definition) is 1. The molecule has 0 bridgehead atoms. The lowest BCUT2D eigenvalue weighted by Gasteiger charge is -2.27. The van der Waals surface area contributed by atoms with Crippen molar-refractivity contribution in [1.82, 2.24) is 14.9 Å². The maximum atomic E-state index is 13.1. The number of rotatable bonds is 5. The van der Waals surface area contributed by atoms with Gasteiger partial charge in [0.25, 0.3) is 5.56 Å². The second kappa shape index (κ2) is 7.56. The van der Waals surface area contributed by atoms with Gasteiger partial charge in [-0.25, -0.2) is 4.98 Å². The van der Waals surface area contributed by atoms with Crippen molar-refractivity contribution in [2.45, 2.75) is 39.8 Å². The number of fused-ring (bicyclic) bond motifs is 1.